The summed E-state index contributed by atoms with van der Waals surface area (Å²) in [4.78, 5) is 36.9. The zero-order valence-electron chi connectivity index (χ0n) is 34.4. The highest BCUT2D eigenvalue weighted by atomic mass is 16.6. The van der Waals surface area contributed by atoms with Crippen LogP contribution in [0.2, 0.25) is 0 Å². The summed E-state index contributed by atoms with van der Waals surface area (Å²) in [5, 5.41) is 9.60. The average Bonchev–Trinajstić information content (AvgIpc) is 3.11. The molecule has 0 heterocycles. The summed E-state index contributed by atoms with van der Waals surface area (Å²) in [6, 6.07) is -0.622. The summed E-state index contributed by atoms with van der Waals surface area (Å²) in [6.45, 7) is 4.54. The van der Waals surface area contributed by atoms with Gasteiger partial charge in [-0.05, 0) is 57.8 Å². The Morgan fingerprint density at radius 3 is 1.64 bits per heavy atom. The zero-order chi connectivity index (χ0) is 39.3. The van der Waals surface area contributed by atoms with Gasteiger partial charge in [0.05, 0.1) is 34.4 Å². The number of esters is 2. The van der Waals surface area contributed by atoms with E-state index in [-0.39, 0.29) is 36.2 Å². The summed E-state index contributed by atoms with van der Waals surface area (Å²) < 4.78 is 17.2. The molecular formula is C45H78NO7+. The average molecular weight is 745 g/mol. The maximum absolute atomic E-state index is 12.7. The number of aliphatic carboxylic acids is 1. The lowest BCUT2D eigenvalue weighted by Gasteiger charge is -2.31. The van der Waals surface area contributed by atoms with Crippen LogP contribution in [0.1, 0.15) is 155 Å². The minimum atomic E-state index is -0.884. The lowest BCUT2D eigenvalue weighted by atomic mass is 10.1. The molecule has 0 aromatic carbocycles. The van der Waals surface area contributed by atoms with Crippen LogP contribution in [0, 0.1) is 0 Å². The number of allylic oxidation sites excluding steroid dienone is 10. The molecule has 0 rings (SSSR count). The minimum Gasteiger partial charge on any atom is -0.477 e. The summed E-state index contributed by atoms with van der Waals surface area (Å²) in [7, 11) is 5.50. The van der Waals surface area contributed by atoms with Gasteiger partial charge in [-0.3, -0.25) is 9.59 Å². The Kier molecular flexibility index (Phi) is 34.0. The topological polar surface area (TPSA) is 99.1 Å². The van der Waals surface area contributed by atoms with Gasteiger partial charge in [0.25, 0.3) is 0 Å². The van der Waals surface area contributed by atoms with Crippen LogP contribution >= 0.6 is 0 Å². The van der Waals surface area contributed by atoms with Crippen molar-refractivity contribution in [2.75, 3.05) is 41.0 Å². The van der Waals surface area contributed by atoms with E-state index in [2.05, 4.69) is 44.2 Å². The van der Waals surface area contributed by atoms with Crippen molar-refractivity contribution in [1.29, 1.82) is 0 Å². The van der Waals surface area contributed by atoms with Gasteiger partial charge < -0.3 is 23.8 Å². The first kappa shape index (κ1) is 50.0. The standard InChI is InChI=1S/C45H77NO7/c1-6-8-10-12-14-16-18-20-22-24-25-27-29-31-33-35-43(47)52-40-41(39-51-38-37-42(45(49)50)46(3,4)5)53-44(48)36-34-32-30-28-26-23-21-19-17-15-13-11-9-7-2/h8,10,12,14,16,18,20,22-23,26,41-42H,6-7,9,11,13,15,17,19,21,24-25,27-40H2,1-5H3/p+1/b10-8+,14-12+,18-16+,22-20+,26-23+. The lowest BCUT2D eigenvalue weighted by Crippen LogP contribution is -2.50. The second-order valence-electron chi connectivity index (χ2n) is 15.0. The van der Waals surface area contributed by atoms with Crippen LogP contribution in [0.5, 0.6) is 0 Å². The lowest BCUT2D eigenvalue weighted by molar-refractivity contribution is -0.887. The van der Waals surface area contributed by atoms with Crippen molar-refractivity contribution in [2.24, 2.45) is 0 Å². The van der Waals surface area contributed by atoms with Crippen molar-refractivity contribution in [3.05, 3.63) is 60.8 Å². The third-order valence-electron chi connectivity index (χ3n) is 9.00. The molecule has 8 heteroatoms. The van der Waals surface area contributed by atoms with E-state index in [1.54, 1.807) is 0 Å². The molecule has 53 heavy (non-hydrogen) atoms. The predicted octanol–water partition coefficient (Wildman–Crippen LogP) is 11.0. The van der Waals surface area contributed by atoms with Crippen LogP contribution < -0.4 is 0 Å². The first-order chi connectivity index (χ1) is 25.6. The number of rotatable bonds is 36. The number of carboxylic acid groups (broad SMARTS) is 1. The van der Waals surface area contributed by atoms with E-state index in [1.807, 2.05) is 51.5 Å². The number of hydrogen-bond donors (Lipinski definition) is 1. The molecule has 0 bridgehead atoms. The Bertz CT molecular complexity index is 1050. The fraction of sp³-hybridized carbons (Fsp3) is 0.711. The second-order valence-corrected chi connectivity index (χ2v) is 15.0. The fourth-order valence-corrected chi connectivity index (χ4v) is 5.74. The number of quaternary nitrogens is 1. The molecule has 8 nitrogen and oxygen atoms in total. The van der Waals surface area contributed by atoms with Gasteiger partial charge in [0.2, 0.25) is 0 Å². The van der Waals surface area contributed by atoms with Gasteiger partial charge in [-0.15, -0.1) is 0 Å². The second kappa shape index (κ2) is 36.0. The molecule has 0 radical (unpaired) electrons. The van der Waals surface area contributed by atoms with Crippen LogP contribution in [0.15, 0.2) is 60.8 Å². The van der Waals surface area contributed by atoms with Gasteiger partial charge in [-0.2, -0.15) is 0 Å². The molecule has 1 N–H and O–H groups in total. The van der Waals surface area contributed by atoms with E-state index in [1.165, 1.54) is 44.9 Å². The number of ether oxygens (including phenoxy) is 3. The Morgan fingerprint density at radius 2 is 1.08 bits per heavy atom. The molecule has 0 aromatic rings. The van der Waals surface area contributed by atoms with E-state index in [0.717, 1.165) is 77.0 Å². The van der Waals surface area contributed by atoms with E-state index >= 15 is 0 Å². The molecule has 0 aromatic heterocycles. The van der Waals surface area contributed by atoms with Gasteiger partial charge in [0, 0.05) is 19.3 Å². The summed E-state index contributed by atoms with van der Waals surface area (Å²) in [5.41, 5.74) is 0. The van der Waals surface area contributed by atoms with Crippen LogP contribution in [0.25, 0.3) is 0 Å². The van der Waals surface area contributed by atoms with Crippen LogP contribution in [-0.2, 0) is 28.6 Å². The smallest absolute Gasteiger partial charge is 0.362 e. The van der Waals surface area contributed by atoms with Crippen molar-refractivity contribution in [3.8, 4) is 0 Å². The highest BCUT2D eigenvalue weighted by molar-refractivity contribution is 5.72. The Morgan fingerprint density at radius 1 is 0.585 bits per heavy atom. The molecule has 0 fully saturated rings. The molecule has 0 aliphatic rings. The van der Waals surface area contributed by atoms with Gasteiger partial charge in [-0.1, -0.05) is 139 Å². The summed E-state index contributed by atoms with van der Waals surface area (Å²) >= 11 is 0. The van der Waals surface area contributed by atoms with Crippen LogP contribution in [0.3, 0.4) is 0 Å². The van der Waals surface area contributed by atoms with E-state index in [4.69, 9.17) is 14.2 Å². The number of hydrogen-bond acceptors (Lipinski definition) is 6. The van der Waals surface area contributed by atoms with Crippen molar-refractivity contribution in [1.82, 2.24) is 0 Å². The number of carbonyl (C=O) groups is 3. The van der Waals surface area contributed by atoms with Crippen LogP contribution in [-0.4, -0.2) is 80.6 Å². The number of nitrogens with zero attached hydrogens (tertiary/aromatic N) is 1. The molecule has 0 aliphatic heterocycles. The van der Waals surface area contributed by atoms with E-state index in [0.29, 0.717) is 19.3 Å². The van der Waals surface area contributed by atoms with Crippen molar-refractivity contribution in [2.45, 2.75) is 167 Å². The third-order valence-corrected chi connectivity index (χ3v) is 9.00. The maximum Gasteiger partial charge on any atom is 0.362 e. The molecule has 0 saturated heterocycles. The molecule has 0 amide bonds. The molecule has 0 aliphatic carbocycles. The largest absolute Gasteiger partial charge is 0.477 e. The fourth-order valence-electron chi connectivity index (χ4n) is 5.74. The Balaban J connectivity index is 4.45. The SMILES string of the molecule is CC/C=C/C=C/C=C/C=C/CCCCCCCC(=O)OCC(COCCC(C(=O)O)[N+](C)(C)C)OC(=O)CCCCC/C=C/CCCCCCCCC. The minimum absolute atomic E-state index is 0.0449. The number of likely N-dealkylation sites (N-methyl/N-ethyl adjacent to an activating group) is 1. The molecule has 304 valence electrons. The number of carboxylic acids is 1. The first-order valence-electron chi connectivity index (χ1n) is 20.9. The summed E-state index contributed by atoms with van der Waals surface area (Å²) in [6.07, 6.45) is 42.6. The highest BCUT2D eigenvalue weighted by Crippen LogP contribution is 2.13. The highest BCUT2D eigenvalue weighted by Gasteiger charge is 2.31. The third kappa shape index (κ3) is 34.5. The quantitative estimate of drug-likeness (QED) is 0.0224. The van der Waals surface area contributed by atoms with E-state index < -0.39 is 18.1 Å². The molecule has 2 atom stereocenters. The molecule has 0 spiro atoms. The maximum atomic E-state index is 12.7. The van der Waals surface area contributed by atoms with E-state index in [9.17, 15) is 19.5 Å². The normalized spacial score (nSPS) is 13.6. The Hall–Kier alpha value is -2.97. The van der Waals surface area contributed by atoms with Gasteiger partial charge in [0.15, 0.2) is 12.1 Å². The molecule has 2 unspecified atom stereocenters. The van der Waals surface area contributed by atoms with Gasteiger partial charge >= 0.3 is 17.9 Å². The molecular weight excluding hydrogens is 666 g/mol. The van der Waals surface area contributed by atoms with Gasteiger partial charge in [0.1, 0.15) is 6.61 Å². The molecule has 0 saturated carbocycles. The first-order valence-corrected chi connectivity index (χ1v) is 20.9. The monoisotopic (exact) mass is 745 g/mol. The predicted molar refractivity (Wildman–Crippen MR) is 220 cm³/mol. The van der Waals surface area contributed by atoms with Gasteiger partial charge in [-0.25, -0.2) is 4.79 Å². The van der Waals surface area contributed by atoms with Crippen molar-refractivity contribution < 1.29 is 38.2 Å². The van der Waals surface area contributed by atoms with Crippen LogP contribution in [0.4, 0.5) is 0 Å². The zero-order valence-corrected chi connectivity index (χ0v) is 34.4. The number of unbranched alkanes of at least 4 members (excludes halogenated alkanes) is 15. The summed E-state index contributed by atoms with van der Waals surface area (Å²) in [5.74, 6) is -1.52. The van der Waals surface area contributed by atoms with Crippen molar-refractivity contribution >= 4 is 17.9 Å². The number of carbonyl (C=O) groups excluding carboxylic acids is 2. The Labute approximate surface area is 324 Å². The van der Waals surface area contributed by atoms with Crippen molar-refractivity contribution in [3.63, 3.8) is 0 Å².